The van der Waals surface area contributed by atoms with Crippen molar-refractivity contribution in [2.75, 3.05) is 4.90 Å². The number of anilines is 1. The summed E-state index contributed by atoms with van der Waals surface area (Å²) in [7, 11) is 0. The lowest BCUT2D eigenvalue weighted by molar-refractivity contribution is 0.538. The highest BCUT2D eigenvalue weighted by Crippen LogP contribution is 2.40. The van der Waals surface area contributed by atoms with Crippen LogP contribution in [0, 0.1) is 6.92 Å². The number of aromatic nitrogens is 3. The Balaban J connectivity index is 1.91. The van der Waals surface area contributed by atoms with Crippen LogP contribution in [0.1, 0.15) is 45.2 Å². The van der Waals surface area contributed by atoms with Gasteiger partial charge >= 0.3 is 0 Å². The molecular weight excluding hydrogens is 391 g/mol. The minimum atomic E-state index is 0.475. The molecule has 4 rings (SSSR count). The number of hydrogen-bond acceptors (Lipinski definition) is 3. The molecule has 3 heterocycles. The predicted octanol–water partition coefficient (Wildman–Crippen LogP) is 6.93. The molecule has 0 amide bonds. The van der Waals surface area contributed by atoms with E-state index in [2.05, 4.69) is 31.0 Å². The number of benzene rings is 1. The third-order valence-electron chi connectivity index (χ3n) is 5.23. The molecule has 28 heavy (non-hydrogen) atoms. The van der Waals surface area contributed by atoms with Crippen molar-refractivity contribution in [3.63, 3.8) is 0 Å². The SMILES string of the molecule is CCCC(CCC)N1C=Cn2nc(-c3ccc(Cl)cc3Cl)c3nc(C)cc1c32. The number of halogens is 2. The standard InChI is InChI=1S/C22H24Cl2N4/c1-4-6-16(7-5-2)27-10-11-28-22-19(27)12-14(3)25-21(22)20(26-28)17-9-8-15(23)13-18(17)24/h8-13,16H,4-7H2,1-3H3. The molecule has 0 saturated heterocycles. The zero-order chi connectivity index (χ0) is 19.8. The lowest BCUT2D eigenvalue weighted by Gasteiger charge is -2.33. The largest absolute Gasteiger partial charge is 0.342 e. The maximum Gasteiger partial charge on any atom is 0.121 e. The Morgan fingerprint density at radius 1 is 1.04 bits per heavy atom. The average molecular weight is 415 g/mol. The quantitative estimate of drug-likeness (QED) is 0.438. The van der Waals surface area contributed by atoms with E-state index in [1.54, 1.807) is 6.07 Å². The summed E-state index contributed by atoms with van der Waals surface area (Å²) in [5.41, 5.74) is 5.68. The highest BCUT2D eigenvalue weighted by atomic mass is 35.5. The van der Waals surface area contributed by atoms with E-state index in [1.165, 1.54) is 5.69 Å². The van der Waals surface area contributed by atoms with Crippen LogP contribution >= 0.6 is 23.2 Å². The summed E-state index contributed by atoms with van der Waals surface area (Å²) in [5.74, 6) is 0. The molecule has 0 N–H and O–H groups in total. The molecule has 1 aliphatic rings. The van der Waals surface area contributed by atoms with Crippen molar-refractivity contribution in [3.05, 3.63) is 46.2 Å². The summed E-state index contributed by atoms with van der Waals surface area (Å²) in [6.07, 6.45) is 8.81. The normalized spacial score (nSPS) is 13.1. The second kappa shape index (κ2) is 7.76. The molecule has 0 fully saturated rings. The molecule has 4 nitrogen and oxygen atoms in total. The monoisotopic (exact) mass is 414 g/mol. The van der Waals surface area contributed by atoms with Gasteiger partial charge in [0.25, 0.3) is 0 Å². The lowest BCUT2D eigenvalue weighted by Crippen LogP contribution is -2.32. The van der Waals surface area contributed by atoms with E-state index < -0.39 is 0 Å². The van der Waals surface area contributed by atoms with E-state index in [1.807, 2.05) is 29.9 Å². The lowest BCUT2D eigenvalue weighted by atomic mass is 10.0. The predicted molar refractivity (Wildman–Crippen MR) is 119 cm³/mol. The third-order valence-corrected chi connectivity index (χ3v) is 5.78. The maximum atomic E-state index is 6.48. The van der Waals surface area contributed by atoms with Crippen molar-refractivity contribution in [2.24, 2.45) is 0 Å². The Bertz CT molecular complexity index is 1050. The van der Waals surface area contributed by atoms with Gasteiger partial charge in [0.1, 0.15) is 16.7 Å². The number of rotatable bonds is 6. The Kier molecular flexibility index (Phi) is 5.35. The number of aryl methyl sites for hydroxylation is 1. The van der Waals surface area contributed by atoms with Gasteiger partial charge in [0.2, 0.25) is 0 Å². The van der Waals surface area contributed by atoms with Crippen LogP contribution in [0.4, 0.5) is 5.69 Å². The smallest absolute Gasteiger partial charge is 0.121 e. The molecule has 0 unspecified atom stereocenters. The average Bonchev–Trinajstić information content (AvgIpc) is 3.01. The van der Waals surface area contributed by atoms with Crippen LogP contribution in [-0.2, 0) is 0 Å². The second-order valence-corrected chi connectivity index (χ2v) is 8.18. The second-order valence-electron chi connectivity index (χ2n) is 7.33. The van der Waals surface area contributed by atoms with Gasteiger partial charge in [0, 0.05) is 34.7 Å². The molecule has 0 saturated carbocycles. The van der Waals surface area contributed by atoms with Crippen molar-refractivity contribution >= 4 is 46.1 Å². The first-order valence-electron chi connectivity index (χ1n) is 9.85. The minimum absolute atomic E-state index is 0.475. The Hall–Kier alpha value is -2.04. The van der Waals surface area contributed by atoms with Crippen molar-refractivity contribution in [3.8, 4) is 11.3 Å². The summed E-state index contributed by atoms with van der Waals surface area (Å²) in [5, 5.41) is 6.01. The number of hydrogen-bond donors (Lipinski definition) is 0. The van der Waals surface area contributed by atoms with E-state index in [-0.39, 0.29) is 0 Å². The molecule has 6 heteroatoms. The van der Waals surface area contributed by atoms with Gasteiger partial charge in [-0.2, -0.15) is 5.10 Å². The van der Waals surface area contributed by atoms with Crippen LogP contribution in [-0.4, -0.2) is 20.8 Å². The van der Waals surface area contributed by atoms with Crippen molar-refractivity contribution < 1.29 is 0 Å². The van der Waals surface area contributed by atoms with E-state index >= 15 is 0 Å². The zero-order valence-electron chi connectivity index (χ0n) is 16.4. The van der Waals surface area contributed by atoms with E-state index in [0.29, 0.717) is 16.1 Å². The van der Waals surface area contributed by atoms with Gasteiger partial charge in [-0.25, -0.2) is 9.67 Å². The summed E-state index contributed by atoms with van der Waals surface area (Å²) >= 11 is 12.6. The molecule has 0 atom stereocenters. The summed E-state index contributed by atoms with van der Waals surface area (Å²) in [6, 6.07) is 8.14. The van der Waals surface area contributed by atoms with E-state index in [4.69, 9.17) is 33.3 Å². The number of pyridine rings is 1. The fraction of sp³-hybridized carbons (Fsp3) is 0.364. The minimum Gasteiger partial charge on any atom is -0.342 e. The molecule has 3 aromatic rings. The topological polar surface area (TPSA) is 34.0 Å². The van der Waals surface area contributed by atoms with Gasteiger partial charge in [0.15, 0.2) is 0 Å². The van der Waals surface area contributed by atoms with Crippen LogP contribution in [0.2, 0.25) is 10.0 Å². The van der Waals surface area contributed by atoms with Crippen molar-refractivity contribution in [2.45, 2.75) is 52.5 Å². The van der Waals surface area contributed by atoms with Crippen LogP contribution in [0.5, 0.6) is 0 Å². The Morgan fingerprint density at radius 3 is 2.46 bits per heavy atom. The first-order valence-corrected chi connectivity index (χ1v) is 10.6. The van der Waals surface area contributed by atoms with Gasteiger partial charge in [-0.3, -0.25) is 0 Å². The molecule has 0 spiro atoms. The molecular formula is C22H24Cl2N4. The molecule has 0 radical (unpaired) electrons. The van der Waals surface area contributed by atoms with Crippen LogP contribution < -0.4 is 4.90 Å². The Labute approximate surface area is 175 Å². The molecule has 1 aromatic carbocycles. The molecule has 2 aromatic heterocycles. The van der Waals surface area contributed by atoms with E-state index in [9.17, 15) is 0 Å². The molecule has 1 aliphatic heterocycles. The molecule has 0 aliphatic carbocycles. The van der Waals surface area contributed by atoms with Crippen LogP contribution in [0.15, 0.2) is 30.5 Å². The van der Waals surface area contributed by atoms with E-state index in [0.717, 1.165) is 53.7 Å². The summed E-state index contributed by atoms with van der Waals surface area (Å²) < 4.78 is 1.92. The first kappa shape index (κ1) is 19.3. The van der Waals surface area contributed by atoms with Crippen molar-refractivity contribution in [1.82, 2.24) is 14.8 Å². The Morgan fingerprint density at radius 2 is 1.79 bits per heavy atom. The zero-order valence-corrected chi connectivity index (χ0v) is 17.9. The third kappa shape index (κ3) is 3.29. The number of nitrogens with zero attached hydrogens (tertiary/aromatic N) is 4. The van der Waals surface area contributed by atoms with Crippen LogP contribution in [0.25, 0.3) is 28.5 Å². The highest BCUT2D eigenvalue weighted by Gasteiger charge is 2.26. The fourth-order valence-electron chi connectivity index (χ4n) is 4.04. The maximum absolute atomic E-state index is 6.48. The van der Waals surface area contributed by atoms with Gasteiger partial charge < -0.3 is 4.90 Å². The summed E-state index contributed by atoms with van der Waals surface area (Å²) in [4.78, 5) is 7.23. The first-order chi connectivity index (χ1) is 13.5. The summed E-state index contributed by atoms with van der Waals surface area (Å²) in [6.45, 7) is 6.52. The van der Waals surface area contributed by atoms with Gasteiger partial charge in [-0.1, -0.05) is 49.9 Å². The van der Waals surface area contributed by atoms with Crippen LogP contribution in [0.3, 0.4) is 0 Å². The fourth-order valence-corrected chi connectivity index (χ4v) is 4.53. The van der Waals surface area contributed by atoms with Gasteiger partial charge in [-0.05, 0) is 44.0 Å². The van der Waals surface area contributed by atoms with Gasteiger partial charge in [-0.15, -0.1) is 0 Å². The highest BCUT2D eigenvalue weighted by molar-refractivity contribution is 6.36. The molecule has 146 valence electrons. The van der Waals surface area contributed by atoms with Crippen molar-refractivity contribution in [1.29, 1.82) is 0 Å². The molecule has 0 bridgehead atoms. The van der Waals surface area contributed by atoms with Gasteiger partial charge in [0.05, 0.1) is 10.7 Å².